The highest BCUT2D eigenvalue weighted by atomic mass is 16.5. The molecule has 0 atom stereocenters. The lowest BCUT2D eigenvalue weighted by molar-refractivity contribution is -0.137. The predicted octanol–water partition coefficient (Wildman–Crippen LogP) is 1.80. The Balaban J connectivity index is 2.20. The minimum absolute atomic E-state index is 0.219. The van der Waals surface area contributed by atoms with Crippen molar-refractivity contribution >= 4 is 11.9 Å². The zero-order valence-corrected chi connectivity index (χ0v) is 11.8. The van der Waals surface area contributed by atoms with Gasteiger partial charge in [0.2, 0.25) is 0 Å². The van der Waals surface area contributed by atoms with Crippen molar-refractivity contribution in [2.45, 2.75) is 20.3 Å². The maximum Gasteiger partial charge on any atom is 0.323 e. The first-order valence-corrected chi connectivity index (χ1v) is 6.74. The maximum absolute atomic E-state index is 12.4. The molecule has 0 unspecified atom stereocenters. The lowest BCUT2D eigenvalue weighted by Gasteiger charge is -2.23. The zero-order valence-electron chi connectivity index (χ0n) is 11.8. The highest BCUT2D eigenvalue weighted by Crippen LogP contribution is 2.26. The summed E-state index contributed by atoms with van der Waals surface area (Å²) < 4.78 is 5.40. The summed E-state index contributed by atoms with van der Waals surface area (Å²) in [6.07, 6.45) is 0.791. The van der Waals surface area contributed by atoms with Crippen molar-refractivity contribution in [3.8, 4) is 5.75 Å². The predicted molar refractivity (Wildman–Crippen MR) is 74.0 cm³/mol. The average Bonchev–Trinajstić information content (AvgIpc) is 2.83. The van der Waals surface area contributed by atoms with Crippen LogP contribution in [0.25, 0.3) is 0 Å². The number of carboxylic acid groups (broad SMARTS) is 1. The van der Waals surface area contributed by atoms with E-state index in [1.807, 2.05) is 13.8 Å². The van der Waals surface area contributed by atoms with Crippen LogP contribution in [0.15, 0.2) is 18.2 Å². The van der Waals surface area contributed by atoms with Gasteiger partial charge in [0, 0.05) is 18.5 Å². The fourth-order valence-electron chi connectivity index (χ4n) is 2.33. The molecule has 1 heterocycles. The molecule has 0 bridgehead atoms. The van der Waals surface area contributed by atoms with E-state index in [4.69, 9.17) is 9.84 Å². The van der Waals surface area contributed by atoms with E-state index >= 15 is 0 Å². The van der Waals surface area contributed by atoms with E-state index in [0.29, 0.717) is 18.7 Å². The molecule has 1 N–H and O–H groups in total. The molecule has 20 heavy (non-hydrogen) atoms. The summed E-state index contributed by atoms with van der Waals surface area (Å²) in [5.74, 6) is -0.203. The van der Waals surface area contributed by atoms with Crippen LogP contribution in [0.5, 0.6) is 5.75 Å². The smallest absolute Gasteiger partial charge is 0.323 e. The Morgan fingerprint density at radius 2 is 2.15 bits per heavy atom. The van der Waals surface area contributed by atoms with Gasteiger partial charge in [0.05, 0.1) is 6.61 Å². The van der Waals surface area contributed by atoms with Crippen LogP contribution < -0.4 is 4.74 Å². The van der Waals surface area contributed by atoms with Crippen LogP contribution in [0.3, 0.4) is 0 Å². The van der Waals surface area contributed by atoms with Crippen LogP contribution in [0.4, 0.5) is 0 Å². The van der Waals surface area contributed by atoms with Gasteiger partial charge in [-0.2, -0.15) is 0 Å². The molecule has 0 aromatic heterocycles. The number of amides is 1. The summed E-state index contributed by atoms with van der Waals surface area (Å²) in [6, 6.07) is 5.28. The van der Waals surface area contributed by atoms with Gasteiger partial charge in [0.25, 0.3) is 5.91 Å². The standard InChI is InChI=1S/C15H19NO4/c1-10(2)8-16(9-14(17)18)15(19)12-3-4-13-11(7-12)5-6-20-13/h3-4,7,10H,5-6,8-9H2,1-2H3,(H,17,18). The van der Waals surface area contributed by atoms with Crippen LogP contribution in [-0.4, -0.2) is 41.6 Å². The van der Waals surface area contributed by atoms with Crippen molar-refractivity contribution in [3.63, 3.8) is 0 Å². The van der Waals surface area contributed by atoms with Crippen LogP contribution in [0.1, 0.15) is 29.8 Å². The summed E-state index contributed by atoms with van der Waals surface area (Å²) in [5, 5.41) is 8.93. The maximum atomic E-state index is 12.4. The van der Waals surface area contributed by atoms with Crippen molar-refractivity contribution in [2.24, 2.45) is 5.92 Å². The minimum atomic E-state index is -0.997. The number of nitrogens with zero attached hydrogens (tertiary/aromatic N) is 1. The molecule has 0 aliphatic carbocycles. The van der Waals surface area contributed by atoms with Gasteiger partial charge in [-0.3, -0.25) is 9.59 Å². The van der Waals surface area contributed by atoms with Crippen molar-refractivity contribution in [1.29, 1.82) is 0 Å². The SMILES string of the molecule is CC(C)CN(CC(=O)O)C(=O)c1ccc2c(c1)CCO2. The van der Waals surface area contributed by atoms with Crippen molar-refractivity contribution < 1.29 is 19.4 Å². The number of carbonyl (C=O) groups excluding carboxylic acids is 1. The molecule has 0 saturated carbocycles. The van der Waals surface area contributed by atoms with Gasteiger partial charge in [-0.05, 0) is 29.7 Å². The topological polar surface area (TPSA) is 66.8 Å². The van der Waals surface area contributed by atoms with E-state index in [2.05, 4.69) is 0 Å². The molecule has 2 rings (SSSR count). The van der Waals surface area contributed by atoms with Gasteiger partial charge in [0.1, 0.15) is 12.3 Å². The second kappa shape index (κ2) is 5.94. The van der Waals surface area contributed by atoms with E-state index in [1.165, 1.54) is 4.90 Å². The first-order valence-electron chi connectivity index (χ1n) is 6.74. The van der Waals surface area contributed by atoms with Gasteiger partial charge in [0.15, 0.2) is 0 Å². The van der Waals surface area contributed by atoms with Gasteiger partial charge in [-0.1, -0.05) is 13.8 Å². The third-order valence-electron chi connectivity index (χ3n) is 3.14. The van der Waals surface area contributed by atoms with Crippen molar-refractivity contribution in [1.82, 2.24) is 4.90 Å². The first kappa shape index (κ1) is 14.4. The Morgan fingerprint density at radius 1 is 1.40 bits per heavy atom. The molecule has 1 amide bonds. The third-order valence-corrected chi connectivity index (χ3v) is 3.14. The Hall–Kier alpha value is -2.04. The Morgan fingerprint density at radius 3 is 2.80 bits per heavy atom. The molecule has 108 valence electrons. The molecule has 0 radical (unpaired) electrons. The molecule has 1 aromatic carbocycles. The molecule has 0 fully saturated rings. The lowest BCUT2D eigenvalue weighted by Crippen LogP contribution is -2.38. The summed E-state index contributed by atoms with van der Waals surface area (Å²) in [5.41, 5.74) is 1.53. The number of benzene rings is 1. The van der Waals surface area contributed by atoms with Gasteiger partial charge >= 0.3 is 5.97 Å². The Kier molecular flexibility index (Phi) is 4.27. The summed E-state index contributed by atoms with van der Waals surface area (Å²) in [6.45, 7) is 4.71. The highest BCUT2D eigenvalue weighted by Gasteiger charge is 2.21. The van der Waals surface area contributed by atoms with Crippen LogP contribution in [0.2, 0.25) is 0 Å². The highest BCUT2D eigenvalue weighted by molar-refractivity contribution is 5.96. The number of carboxylic acids is 1. The van der Waals surface area contributed by atoms with Crippen LogP contribution in [0, 0.1) is 5.92 Å². The number of hydrogen-bond donors (Lipinski definition) is 1. The summed E-state index contributed by atoms with van der Waals surface area (Å²) in [7, 11) is 0. The largest absolute Gasteiger partial charge is 0.493 e. The van der Waals surface area contributed by atoms with E-state index < -0.39 is 5.97 Å². The molecule has 0 spiro atoms. The normalized spacial score (nSPS) is 12.9. The fourth-order valence-corrected chi connectivity index (χ4v) is 2.33. The molecular formula is C15H19NO4. The van der Waals surface area contributed by atoms with Crippen LogP contribution in [-0.2, 0) is 11.2 Å². The van der Waals surface area contributed by atoms with Gasteiger partial charge in [-0.25, -0.2) is 0 Å². The van der Waals surface area contributed by atoms with E-state index in [9.17, 15) is 9.59 Å². The average molecular weight is 277 g/mol. The minimum Gasteiger partial charge on any atom is -0.493 e. The van der Waals surface area contributed by atoms with Crippen molar-refractivity contribution in [3.05, 3.63) is 29.3 Å². The zero-order chi connectivity index (χ0) is 14.7. The number of fused-ring (bicyclic) bond motifs is 1. The molecule has 1 aliphatic heterocycles. The number of hydrogen-bond acceptors (Lipinski definition) is 3. The quantitative estimate of drug-likeness (QED) is 0.891. The number of ether oxygens (including phenoxy) is 1. The van der Waals surface area contributed by atoms with E-state index in [1.54, 1.807) is 18.2 Å². The fraction of sp³-hybridized carbons (Fsp3) is 0.467. The van der Waals surface area contributed by atoms with Gasteiger partial charge in [-0.15, -0.1) is 0 Å². The first-order chi connectivity index (χ1) is 9.47. The molecule has 5 nitrogen and oxygen atoms in total. The monoisotopic (exact) mass is 277 g/mol. The molecule has 1 aromatic rings. The lowest BCUT2D eigenvalue weighted by atomic mass is 10.1. The number of aliphatic carboxylic acids is 1. The second-order valence-electron chi connectivity index (χ2n) is 5.39. The molecule has 0 saturated heterocycles. The second-order valence-corrected chi connectivity index (χ2v) is 5.39. The van der Waals surface area contributed by atoms with E-state index in [-0.39, 0.29) is 18.4 Å². The van der Waals surface area contributed by atoms with Gasteiger partial charge < -0.3 is 14.7 Å². The van der Waals surface area contributed by atoms with Crippen molar-refractivity contribution in [2.75, 3.05) is 19.7 Å². The number of rotatable bonds is 5. The Labute approximate surface area is 118 Å². The van der Waals surface area contributed by atoms with E-state index in [0.717, 1.165) is 17.7 Å². The molecule has 5 heteroatoms. The molecular weight excluding hydrogens is 258 g/mol. The summed E-state index contributed by atoms with van der Waals surface area (Å²) >= 11 is 0. The number of carbonyl (C=O) groups is 2. The summed E-state index contributed by atoms with van der Waals surface area (Å²) in [4.78, 5) is 24.7. The third kappa shape index (κ3) is 3.29. The molecule has 1 aliphatic rings. The van der Waals surface area contributed by atoms with Crippen LogP contribution >= 0.6 is 0 Å². The Bertz CT molecular complexity index is 525.